The number of halogens is 2. The maximum absolute atomic E-state index is 13.0. The molecule has 0 bridgehead atoms. The first-order chi connectivity index (χ1) is 15.7. The Balaban J connectivity index is 1.89. The molecule has 2 heterocycles. The molecule has 7 nitrogen and oxygen atoms in total. The zero-order valence-electron chi connectivity index (χ0n) is 18.4. The van der Waals surface area contributed by atoms with E-state index < -0.39 is 16.4 Å². The summed E-state index contributed by atoms with van der Waals surface area (Å²) in [6.45, 7) is 3.43. The van der Waals surface area contributed by atoms with Crippen molar-refractivity contribution in [3.05, 3.63) is 41.7 Å². The average molecular weight is 474 g/mol. The van der Waals surface area contributed by atoms with E-state index in [1.165, 1.54) is 12.4 Å². The Kier molecular flexibility index (Phi) is 6.45. The lowest BCUT2D eigenvalue weighted by Crippen LogP contribution is -2.30. The van der Waals surface area contributed by atoms with E-state index in [2.05, 4.69) is 20.8 Å². The third-order valence-corrected chi connectivity index (χ3v) is 7.41. The summed E-state index contributed by atoms with van der Waals surface area (Å²) >= 11 is 0. The van der Waals surface area contributed by atoms with Crippen molar-refractivity contribution < 1.29 is 17.2 Å². The zero-order valence-corrected chi connectivity index (χ0v) is 19.2. The molecule has 33 heavy (non-hydrogen) atoms. The van der Waals surface area contributed by atoms with E-state index in [1.54, 1.807) is 32.0 Å². The number of aromatic nitrogens is 3. The van der Waals surface area contributed by atoms with Crippen LogP contribution in [0, 0.1) is 11.3 Å². The average Bonchev–Trinajstić information content (AvgIpc) is 3.37. The molecule has 4 rings (SSSR count). The predicted molar refractivity (Wildman–Crippen MR) is 120 cm³/mol. The van der Waals surface area contributed by atoms with Crippen molar-refractivity contribution in [2.45, 2.75) is 69.4 Å². The van der Waals surface area contributed by atoms with Gasteiger partial charge in [0.2, 0.25) is 16.4 Å². The molecule has 1 fully saturated rings. The fourth-order valence-corrected chi connectivity index (χ4v) is 5.63. The van der Waals surface area contributed by atoms with Crippen LogP contribution in [0.4, 0.5) is 8.78 Å². The Morgan fingerprint density at radius 3 is 2.45 bits per heavy atom. The quantitative estimate of drug-likeness (QED) is 0.541. The fraction of sp³-hybridized carbons (Fsp3) is 0.435. The number of nitrogens with one attached hydrogen (secondary N) is 1. The Labute approximate surface area is 191 Å². The van der Waals surface area contributed by atoms with E-state index >= 15 is 0 Å². The molecule has 1 aliphatic rings. The number of benzene rings is 1. The van der Waals surface area contributed by atoms with Crippen LogP contribution in [-0.2, 0) is 16.4 Å². The number of hydrogen-bond donors (Lipinski definition) is 1. The lowest BCUT2D eigenvalue weighted by Gasteiger charge is -2.18. The molecule has 0 spiro atoms. The zero-order chi connectivity index (χ0) is 23.8. The molecule has 1 aliphatic carbocycles. The van der Waals surface area contributed by atoms with E-state index in [-0.39, 0.29) is 29.2 Å². The molecule has 0 aliphatic heterocycles. The van der Waals surface area contributed by atoms with Crippen LogP contribution in [0.2, 0.25) is 0 Å². The first-order valence-corrected chi connectivity index (χ1v) is 12.4. The molecule has 0 radical (unpaired) electrons. The summed E-state index contributed by atoms with van der Waals surface area (Å²) < 4.78 is 55.4. The number of rotatable bonds is 7. The summed E-state index contributed by atoms with van der Waals surface area (Å²) in [7, 11) is -3.76. The SMILES string of the molecule is CC(C)NS(=O)(=O)c1cnc(-c2c(C#N)c3ccc(CC(F)F)cc3n2C2CCCC2)nc1. The summed E-state index contributed by atoms with van der Waals surface area (Å²) in [6.07, 6.45) is 3.47. The largest absolute Gasteiger partial charge is 0.334 e. The topological polar surface area (TPSA) is 101 Å². The van der Waals surface area contributed by atoms with Crippen LogP contribution >= 0.6 is 0 Å². The van der Waals surface area contributed by atoms with E-state index in [0.717, 1.165) is 25.7 Å². The van der Waals surface area contributed by atoms with Crippen molar-refractivity contribution in [3.63, 3.8) is 0 Å². The van der Waals surface area contributed by atoms with Crippen molar-refractivity contribution in [2.75, 3.05) is 0 Å². The highest BCUT2D eigenvalue weighted by Gasteiger charge is 2.28. The Morgan fingerprint density at radius 2 is 1.88 bits per heavy atom. The Bertz CT molecular complexity index is 1310. The summed E-state index contributed by atoms with van der Waals surface area (Å²) in [5, 5.41) is 10.6. The number of hydrogen-bond acceptors (Lipinski definition) is 5. The molecule has 174 valence electrons. The van der Waals surface area contributed by atoms with E-state index in [4.69, 9.17) is 0 Å². The van der Waals surface area contributed by atoms with Gasteiger partial charge in [-0.25, -0.2) is 31.9 Å². The lowest BCUT2D eigenvalue weighted by atomic mass is 10.1. The third-order valence-electron chi connectivity index (χ3n) is 5.80. The van der Waals surface area contributed by atoms with Crippen molar-refractivity contribution in [1.29, 1.82) is 5.26 Å². The molecule has 0 unspecified atom stereocenters. The normalized spacial score (nSPS) is 15.1. The van der Waals surface area contributed by atoms with Gasteiger partial charge in [-0.3, -0.25) is 0 Å². The predicted octanol–water partition coefficient (Wildman–Crippen LogP) is 4.58. The highest BCUT2D eigenvalue weighted by atomic mass is 32.2. The molecule has 10 heteroatoms. The van der Waals surface area contributed by atoms with Gasteiger partial charge in [0.1, 0.15) is 16.7 Å². The highest BCUT2D eigenvalue weighted by molar-refractivity contribution is 7.89. The number of fused-ring (bicyclic) bond motifs is 1. The third kappa shape index (κ3) is 4.61. The first-order valence-electron chi connectivity index (χ1n) is 10.9. The van der Waals surface area contributed by atoms with Gasteiger partial charge < -0.3 is 4.57 Å². The fourth-order valence-electron chi connectivity index (χ4n) is 4.49. The number of nitriles is 1. The second-order valence-corrected chi connectivity index (χ2v) is 10.3. The molecule has 0 saturated heterocycles. The van der Waals surface area contributed by atoms with Crippen molar-refractivity contribution in [1.82, 2.24) is 19.3 Å². The van der Waals surface area contributed by atoms with Gasteiger partial charge in [0.15, 0.2) is 5.82 Å². The van der Waals surface area contributed by atoms with Gasteiger partial charge in [-0.2, -0.15) is 5.26 Å². The van der Waals surface area contributed by atoms with Crippen LogP contribution in [0.5, 0.6) is 0 Å². The highest BCUT2D eigenvalue weighted by Crippen LogP contribution is 2.40. The van der Waals surface area contributed by atoms with E-state index in [9.17, 15) is 22.5 Å². The van der Waals surface area contributed by atoms with E-state index in [1.807, 2.05) is 4.57 Å². The number of sulfonamides is 1. The standard InChI is InChI=1S/C23H25F2N5O2S/c1-14(2)29-33(31,32)17-12-27-23(28-13-17)22-19(11-26)18-8-7-15(10-21(24)25)9-20(18)30(22)16-5-3-4-6-16/h7-9,12-14,16,21,29H,3-6,10H2,1-2H3. The van der Waals surface area contributed by atoms with Crippen LogP contribution in [0.15, 0.2) is 35.5 Å². The molecule has 1 saturated carbocycles. The van der Waals surface area contributed by atoms with Crippen LogP contribution in [0.1, 0.15) is 56.7 Å². The van der Waals surface area contributed by atoms with Gasteiger partial charge in [0, 0.05) is 23.9 Å². The number of alkyl halides is 2. The van der Waals surface area contributed by atoms with Gasteiger partial charge in [-0.15, -0.1) is 0 Å². The molecule has 3 aromatic rings. The molecule has 1 aromatic carbocycles. The molecule has 1 N–H and O–H groups in total. The Hall–Kier alpha value is -2.90. The van der Waals surface area contributed by atoms with Crippen LogP contribution in [0.25, 0.3) is 22.4 Å². The summed E-state index contributed by atoms with van der Waals surface area (Å²) in [4.78, 5) is 8.55. The summed E-state index contributed by atoms with van der Waals surface area (Å²) in [6, 6.07) is 7.07. The van der Waals surface area contributed by atoms with Gasteiger partial charge in [-0.05, 0) is 38.3 Å². The molecular weight excluding hydrogens is 448 g/mol. The van der Waals surface area contributed by atoms with Crippen molar-refractivity contribution in [3.8, 4) is 17.6 Å². The molecule has 0 amide bonds. The van der Waals surface area contributed by atoms with Gasteiger partial charge in [-0.1, -0.05) is 25.0 Å². The van der Waals surface area contributed by atoms with Gasteiger partial charge in [0.25, 0.3) is 0 Å². The molecular formula is C23H25F2N5O2S. The minimum Gasteiger partial charge on any atom is -0.334 e. The van der Waals surface area contributed by atoms with Gasteiger partial charge in [0.05, 0.1) is 23.5 Å². The van der Waals surface area contributed by atoms with Gasteiger partial charge >= 0.3 is 0 Å². The van der Waals surface area contributed by atoms with E-state index in [0.29, 0.717) is 27.7 Å². The summed E-state index contributed by atoms with van der Waals surface area (Å²) in [5.41, 5.74) is 2.05. The van der Waals surface area contributed by atoms with Crippen molar-refractivity contribution >= 4 is 20.9 Å². The van der Waals surface area contributed by atoms with Crippen molar-refractivity contribution in [2.24, 2.45) is 0 Å². The smallest absolute Gasteiger partial charge is 0.243 e. The van der Waals surface area contributed by atoms with Crippen LogP contribution in [0.3, 0.4) is 0 Å². The molecule has 2 aromatic heterocycles. The maximum Gasteiger partial charge on any atom is 0.243 e. The maximum atomic E-state index is 13.0. The van der Waals surface area contributed by atoms with Crippen LogP contribution in [-0.4, -0.2) is 35.4 Å². The summed E-state index contributed by atoms with van der Waals surface area (Å²) in [5.74, 6) is 0.230. The first kappa shape index (κ1) is 23.3. The number of nitrogens with zero attached hydrogens (tertiary/aromatic N) is 4. The minimum atomic E-state index is -3.76. The van der Waals surface area contributed by atoms with Crippen LogP contribution < -0.4 is 4.72 Å². The minimum absolute atomic E-state index is 0.0683. The monoisotopic (exact) mass is 473 g/mol. The second kappa shape index (κ2) is 9.15. The lowest BCUT2D eigenvalue weighted by molar-refractivity contribution is 0.149. The second-order valence-electron chi connectivity index (χ2n) is 8.61. The Morgan fingerprint density at radius 1 is 1.21 bits per heavy atom. The molecule has 0 atom stereocenters.